The summed E-state index contributed by atoms with van der Waals surface area (Å²) in [6.45, 7) is 3.18. The molecule has 2 aliphatic carbocycles. The summed E-state index contributed by atoms with van der Waals surface area (Å²) in [6, 6.07) is 3.23. The fraction of sp³-hybridized carbons (Fsp3) is 0.478. The molecule has 32 heavy (non-hydrogen) atoms. The average Bonchev–Trinajstić information content (AvgIpc) is 3.44. The molecule has 0 unspecified atom stereocenters. The van der Waals surface area contributed by atoms with Gasteiger partial charge in [-0.05, 0) is 44.2 Å². The SMILES string of the molecule is COc1cc(C=NN2C(=O)[C@@H]3[C@H](C2=O)[C@H]2C=C[C@H]3C2)cc(OC)c1OCC(=O)OC(C)C. The van der Waals surface area contributed by atoms with Gasteiger partial charge in [-0.3, -0.25) is 9.59 Å². The molecule has 0 N–H and O–H groups in total. The van der Waals surface area contributed by atoms with Crippen molar-refractivity contribution in [3.8, 4) is 17.2 Å². The minimum atomic E-state index is -0.519. The summed E-state index contributed by atoms with van der Waals surface area (Å²) in [5.74, 6) is -0.538. The van der Waals surface area contributed by atoms with Crippen LogP contribution in [0.1, 0.15) is 25.8 Å². The molecule has 1 saturated carbocycles. The van der Waals surface area contributed by atoms with E-state index in [1.807, 2.05) is 12.2 Å². The highest BCUT2D eigenvalue weighted by atomic mass is 16.6. The van der Waals surface area contributed by atoms with Gasteiger partial charge < -0.3 is 18.9 Å². The lowest BCUT2D eigenvalue weighted by Gasteiger charge is -2.16. The van der Waals surface area contributed by atoms with Crippen LogP contribution in [-0.4, -0.2) is 55.9 Å². The number of carbonyl (C=O) groups excluding carboxylic acids is 3. The molecule has 1 aromatic carbocycles. The van der Waals surface area contributed by atoms with Crippen LogP contribution >= 0.6 is 0 Å². The first-order valence-corrected chi connectivity index (χ1v) is 10.5. The molecule has 4 atom stereocenters. The van der Waals surface area contributed by atoms with E-state index >= 15 is 0 Å². The first-order chi connectivity index (χ1) is 15.3. The van der Waals surface area contributed by atoms with E-state index in [-0.39, 0.29) is 53.9 Å². The van der Waals surface area contributed by atoms with Crippen LogP contribution in [0, 0.1) is 23.7 Å². The summed E-state index contributed by atoms with van der Waals surface area (Å²) in [4.78, 5) is 37.4. The van der Waals surface area contributed by atoms with Crippen molar-refractivity contribution < 1.29 is 33.3 Å². The van der Waals surface area contributed by atoms with Crippen molar-refractivity contribution >= 4 is 24.0 Å². The molecule has 1 aliphatic heterocycles. The third-order valence-electron chi connectivity index (χ3n) is 5.95. The molecule has 2 fully saturated rings. The van der Waals surface area contributed by atoms with Gasteiger partial charge in [-0.2, -0.15) is 10.1 Å². The van der Waals surface area contributed by atoms with Gasteiger partial charge in [-0.25, -0.2) is 4.79 Å². The largest absolute Gasteiger partial charge is 0.493 e. The summed E-state index contributed by atoms with van der Waals surface area (Å²) in [5.41, 5.74) is 0.537. The van der Waals surface area contributed by atoms with Gasteiger partial charge >= 0.3 is 5.97 Å². The van der Waals surface area contributed by atoms with Crippen LogP contribution in [0.3, 0.4) is 0 Å². The van der Waals surface area contributed by atoms with Gasteiger partial charge in [0.15, 0.2) is 18.1 Å². The number of carbonyl (C=O) groups is 3. The zero-order valence-corrected chi connectivity index (χ0v) is 18.4. The molecule has 1 saturated heterocycles. The Morgan fingerprint density at radius 2 is 1.66 bits per heavy atom. The van der Waals surface area contributed by atoms with E-state index in [9.17, 15) is 14.4 Å². The van der Waals surface area contributed by atoms with E-state index in [0.29, 0.717) is 17.1 Å². The van der Waals surface area contributed by atoms with E-state index in [0.717, 1.165) is 11.4 Å². The summed E-state index contributed by atoms with van der Waals surface area (Å²) in [6.07, 6.45) is 6.10. The Balaban J connectivity index is 1.52. The van der Waals surface area contributed by atoms with Crippen molar-refractivity contribution in [2.24, 2.45) is 28.8 Å². The van der Waals surface area contributed by atoms with E-state index in [2.05, 4.69) is 5.10 Å². The highest BCUT2D eigenvalue weighted by Gasteiger charge is 2.59. The monoisotopic (exact) mass is 442 g/mol. The van der Waals surface area contributed by atoms with Crippen LogP contribution in [0.2, 0.25) is 0 Å². The molecular weight excluding hydrogens is 416 g/mol. The number of fused-ring (bicyclic) bond motifs is 5. The van der Waals surface area contributed by atoms with Gasteiger partial charge in [0.1, 0.15) is 0 Å². The van der Waals surface area contributed by atoms with Crippen LogP contribution in [0.5, 0.6) is 17.2 Å². The normalized spacial score (nSPS) is 25.7. The number of nitrogens with zero attached hydrogens (tertiary/aromatic N) is 2. The number of rotatable bonds is 8. The van der Waals surface area contributed by atoms with Crippen LogP contribution < -0.4 is 14.2 Å². The zero-order valence-electron chi connectivity index (χ0n) is 18.4. The lowest BCUT2D eigenvalue weighted by atomic mass is 9.85. The second-order valence-electron chi connectivity index (χ2n) is 8.31. The van der Waals surface area contributed by atoms with Crippen LogP contribution in [0.25, 0.3) is 0 Å². The number of allylic oxidation sites excluding steroid dienone is 2. The van der Waals surface area contributed by atoms with Crippen molar-refractivity contribution in [1.29, 1.82) is 0 Å². The number of hydrogen-bond acceptors (Lipinski definition) is 8. The molecule has 2 amide bonds. The maximum absolute atomic E-state index is 12.8. The smallest absolute Gasteiger partial charge is 0.344 e. The molecule has 0 spiro atoms. The van der Waals surface area contributed by atoms with Crippen molar-refractivity contribution in [2.75, 3.05) is 20.8 Å². The minimum absolute atomic E-state index is 0.126. The quantitative estimate of drug-likeness (QED) is 0.263. The Labute approximate surface area is 185 Å². The minimum Gasteiger partial charge on any atom is -0.493 e. The fourth-order valence-corrected chi connectivity index (χ4v) is 4.67. The molecule has 1 aromatic rings. The van der Waals surface area contributed by atoms with Crippen molar-refractivity contribution in [3.63, 3.8) is 0 Å². The third kappa shape index (κ3) is 3.83. The number of methoxy groups -OCH3 is 2. The van der Waals surface area contributed by atoms with Gasteiger partial charge in [0.05, 0.1) is 38.4 Å². The number of benzene rings is 1. The summed E-state index contributed by atoms with van der Waals surface area (Å²) < 4.78 is 21.4. The van der Waals surface area contributed by atoms with Crippen molar-refractivity contribution in [2.45, 2.75) is 26.4 Å². The molecular formula is C23H26N2O7. The molecule has 9 nitrogen and oxygen atoms in total. The van der Waals surface area contributed by atoms with Crippen LogP contribution in [-0.2, 0) is 19.1 Å². The first kappa shape index (κ1) is 21.9. The highest BCUT2D eigenvalue weighted by Crippen LogP contribution is 2.52. The van der Waals surface area contributed by atoms with Crippen LogP contribution in [0.15, 0.2) is 29.4 Å². The molecule has 1 heterocycles. The van der Waals surface area contributed by atoms with Gasteiger partial charge in [-0.15, -0.1) is 0 Å². The number of hydrazone groups is 1. The van der Waals surface area contributed by atoms with E-state index < -0.39 is 5.97 Å². The second-order valence-corrected chi connectivity index (χ2v) is 8.31. The number of esters is 1. The van der Waals surface area contributed by atoms with Crippen molar-refractivity contribution in [3.05, 3.63) is 29.8 Å². The second kappa shape index (κ2) is 8.64. The Kier molecular flexibility index (Phi) is 5.90. The first-order valence-electron chi connectivity index (χ1n) is 10.5. The molecule has 2 bridgehead atoms. The average molecular weight is 442 g/mol. The Morgan fingerprint density at radius 3 is 2.16 bits per heavy atom. The summed E-state index contributed by atoms with van der Waals surface area (Å²) in [7, 11) is 2.90. The third-order valence-corrected chi connectivity index (χ3v) is 5.95. The molecule has 170 valence electrons. The highest BCUT2D eigenvalue weighted by molar-refractivity contribution is 6.06. The molecule has 0 radical (unpaired) electrons. The number of imide groups is 1. The topological polar surface area (TPSA) is 104 Å². The Hall–Kier alpha value is -3.36. The number of hydrogen-bond donors (Lipinski definition) is 0. The summed E-state index contributed by atoms with van der Waals surface area (Å²) in [5, 5.41) is 5.16. The maximum atomic E-state index is 12.8. The standard InChI is InChI=1S/C23H26N2O7/c1-12(2)32-18(26)11-31-21-16(29-3)7-13(8-17(21)30-4)10-24-25-22(27)19-14-5-6-15(9-14)20(19)23(25)28/h5-8,10,12,14-15,19-20H,9,11H2,1-4H3/t14-,15-,19-,20+/m0/s1. The Morgan fingerprint density at radius 1 is 1.09 bits per heavy atom. The van der Waals surface area contributed by atoms with E-state index in [1.54, 1.807) is 26.0 Å². The lowest BCUT2D eigenvalue weighted by Crippen LogP contribution is -2.28. The van der Waals surface area contributed by atoms with Gasteiger partial charge in [-0.1, -0.05) is 12.2 Å². The maximum Gasteiger partial charge on any atom is 0.344 e. The Bertz CT molecular complexity index is 945. The van der Waals surface area contributed by atoms with Gasteiger partial charge in [0, 0.05) is 5.56 Å². The molecule has 0 aromatic heterocycles. The number of ether oxygens (including phenoxy) is 4. The van der Waals surface area contributed by atoms with Crippen molar-refractivity contribution in [1.82, 2.24) is 5.01 Å². The molecule has 3 aliphatic rings. The number of amides is 2. The van der Waals surface area contributed by atoms with Gasteiger partial charge in [0.25, 0.3) is 11.8 Å². The summed E-state index contributed by atoms with van der Waals surface area (Å²) >= 11 is 0. The van der Waals surface area contributed by atoms with E-state index in [4.69, 9.17) is 18.9 Å². The zero-order chi connectivity index (χ0) is 23.0. The van der Waals surface area contributed by atoms with E-state index in [1.165, 1.54) is 20.4 Å². The predicted octanol–water partition coefficient (Wildman–Crippen LogP) is 2.18. The molecule has 4 rings (SSSR count). The lowest BCUT2D eigenvalue weighted by molar-refractivity contribution is -0.149. The molecule has 9 heteroatoms. The predicted molar refractivity (Wildman–Crippen MR) is 113 cm³/mol. The fourth-order valence-electron chi connectivity index (χ4n) is 4.67. The van der Waals surface area contributed by atoms with Gasteiger partial charge in [0.2, 0.25) is 5.75 Å². The van der Waals surface area contributed by atoms with Crippen LogP contribution in [0.4, 0.5) is 0 Å².